The summed E-state index contributed by atoms with van der Waals surface area (Å²) in [6.07, 6.45) is 4.82. The van der Waals surface area contributed by atoms with E-state index in [0.29, 0.717) is 12.0 Å². The van der Waals surface area contributed by atoms with Gasteiger partial charge in [-0.1, -0.05) is 45.2 Å². The van der Waals surface area contributed by atoms with E-state index < -0.39 is 29.3 Å². The molecular weight excluding hydrogens is 470 g/mol. The van der Waals surface area contributed by atoms with E-state index in [1.165, 1.54) is 12.1 Å². The number of hydrogen-bond acceptors (Lipinski definition) is 5. The first-order valence-electron chi connectivity index (χ1n) is 13.5. The zero-order valence-electron chi connectivity index (χ0n) is 23.9. The van der Waals surface area contributed by atoms with Crippen LogP contribution < -0.4 is 10.6 Å². The molecule has 2 atom stereocenters. The number of alkyl carbamates (subject to hydrolysis) is 1. The van der Waals surface area contributed by atoms with E-state index in [2.05, 4.69) is 10.6 Å². The van der Waals surface area contributed by atoms with Gasteiger partial charge in [0.25, 0.3) is 0 Å². The number of ether oxygens (including phenoxy) is 1. The average Bonchev–Trinajstić information content (AvgIpc) is 2.75. The molecule has 2 rings (SSSR count). The minimum Gasteiger partial charge on any atom is -0.508 e. The van der Waals surface area contributed by atoms with Gasteiger partial charge in [0.2, 0.25) is 11.8 Å². The molecule has 1 saturated carbocycles. The molecule has 1 aliphatic rings. The van der Waals surface area contributed by atoms with E-state index >= 15 is 0 Å². The van der Waals surface area contributed by atoms with Crippen LogP contribution in [0, 0.1) is 5.92 Å². The summed E-state index contributed by atoms with van der Waals surface area (Å²) in [6.45, 7) is 14.9. The topological polar surface area (TPSA) is 108 Å². The highest BCUT2D eigenvalue weighted by Crippen LogP contribution is 2.32. The molecule has 1 aromatic rings. The van der Waals surface area contributed by atoms with E-state index in [4.69, 9.17) is 4.74 Å². The van der Waals surface area contributed by atoms with E-state index in [0.717, 1.165) is 32.1 Å². The molecule has 1 aliphatic carbocycles. The molecule has 1 aromatic carbocycles. The second-order valence-corrected chi connectivity index (χ2v) is 12.5. The predicted octanol–water partition coefficient (Wildman–Crippen LogP) is 5.45. The van der Waals surface area contributed by atoms with Gasteiger partial charge in [-0.25, -0.2) is 4.79 Å². The predicted molar refractivity (Wildman–Crippen MR) is 145 cm³/mol. The van der Waals surface area contributed by atoms with Crippen molar-refractivity contribution in [1.29, 1.82) is 0 Å². The number of nitrogens with one attached hydrogen (secondary N) is 2. The van der Waals surface area contributed by atoms with Crippen molar-refractivity contribution < 1.29 is 24.2 Å². The molecule has 0 saturated heterocycles. The summed E-state index contributed by atoms with van der Waals surface area (Å²) < 4.78 is 5.44. The number of phenolic OH excluding ortho intramolecular Hbond substituents is 1. The van der Waals surface area contributed by atoms with Gasteiger partial charge < -0.3 is 25.4 Å². The van der Waals surface area contributed by atoms with Gasteiger partial charge in [0.05, 0.1) is 0 Å². The first-order valence-corrected chi connectivity index (χ1v) is 13.5. The Hall–Kier alpha value is -2.77. The van der Waals surface area contributed by atoms with Crippen molar-refractivity contribution >= 4 is 17.9 Å². The minimum absolute atomic E-state index is 0.0594. The van der Waals surface area contributed by atoms with Crippen LogP contribution in [0.4, 0.5) is 4.79 Å². The molecule has 0 radical (unpaired) electrons. The van der Waals surface area contributed by atoms with Crippen LogP contribution in [0.2, 0.25) is 0 Å². The van der Waals surface area contributed by atoms with Crippen molar-refractivity contribution in [2.45, 2.75) is 123 Å². The van der Waals surface area contributed by atoms with Crippen molar-refractivity contribution in [3.8, 4) is 5.75 Å². The van der Waals surface area contributed by atoms with E-state index in [1.54, 1.807) is 37.8 Å². The lowest BCUT2D eigenvalue weighted by Crippen LogP contribution is -2.59. The minimum atomic E-state index is -0.940. The molecule has 0 heterocycles. The molecular formula is C29H47N3O5. The molecule has 0 bridgehead atoms. The lowest BCUT2D eigenvalue weighted by Gasteiger charge is -2.43. The van der Waals surface area contributed by atoms with Gasteiger partial charge in [0.1, 0.15) is 23.4 Å². The lowest BCUT2D eigenvalue weighted by atomic mass is 9.92. The molecule has 8 heteroatoms. The maximum atomic E-state index is 14.2. The normalized spacial score (nSPS) is 16.6. The smallest absolute Gasteiger partial charge is 0.408 e. The van der Waals surface area contributed by atoms with Crippen LogP contribution in [0.25, 0.3) is 0 Å². The summed E-state index contributed by atoms with van der Waals surface area (Å²) in [5.41, 5.74) is -0.878. The lowest BCUT2D eigenvalue weighted by molar-refractivity contribution is -0.149. The molecule has 0 aliphatic heterocycles. The van der Waals surface area contributed by atoms with Gasteiger partial charge in [-0.15, -0.1) is 0 Å². The van der Waals surface area contributed by atoms with E-state index in [1.807, 2.05) is 34.6 Å². The monoisotopic (exact) mass is 517 g/mol. The zero-order chi connectivity index (χ0) is 28.0. The van der Waals surface area contributed by atoms with Crippen molar-refractivity contribution in [3.63, 3.8) is 0 Å². The number of phenols is 1. The first-order chi connectivity index (χ1) is 17.1. The number of nitrogens with zero attached hydrogens (tertiary/aromatic N) is 1. The second-order valence-electron chi connectivity index (χ2n) is 12.5. The van der Waals surface area contributed by atoms with Crippen molar-refractivity contribution in [3.05, 3.63) is 29.8 Å². The average molecular weight is 518 g/mol. The molecule has 0 aromatic heterocycles. The highest BCUT2D eigenvalue weighted by Gasteiger charge is 2.42. The third-order valence-corrected chi connectivity index (χ3v) is 6.32. The Labute approximate surface area is 222 Å². The number of amides is 3. The van der Waals surface area contributed by atoms with Crippen LogP contribution in [0.5, 0.6) is 5.75 Å². The van der Waals surface area contributed by atoms with Gasteiger partial charge in [-0.05, 0) is 84.4 Å². The number of rotatable bonds is 8. The largest absolute Gasteiger partial charge is 0.508 e. The fraction of sp³-hybridized carbons (Fsp3) is 0.690. The Bertz CT molecular complexity index is 909. The summed E-state index contributed by atoms with van der Waals surface area (Å²) in [5.74, 6) is -0.438. The molecule has 208 valence electrons. The zero-order valence-corrected chi connectivity index (χ0v) is 23.9. The Morgan fingerprint density at radius 1 is 1.00 bits per heavy atom. The van der Waals surface area contributed by atoms with Gasteiger partial charge in [-0.3, -0.25) is 9.59 Å². The van der Waals surface area contributed by atoms with E-state index in [-0.39, 0.29) is 29.5 Å². The Morgan fingerprint density at radius 2 is 1.57 bits per heavy atom. The number of carbonyl (C=O) groups is 3. The molecule has 3 N–H and O–H groups in total. The molecule has 1 fully saturated rings. The van der Waals surface area contributed by atoms with Crippen molar-refractivity contribution in [2.24, 2.45) is 5.92 Å². The third kappa shape index (κ3) is 9.56. The second kappa shape index (κ2) is 12.7. The van der Waals surface area contributed by atoms with Gasteiger partial charge in [0.15, 0.2) is 0 Å². The molecule has 8 nitrogen and oxygen atoms in total. The summed E-state index contributed by atoms with van der Waals surface area (Å²) >= 11 is 0. The van der Waals surface area contributed by atoms with Crippen LogP contribution in [-0.4, -0.2) is 51.1 Å². The fourth-order valence-corrected chi connectivity index (χ4v) is 4.76. The van der Waals surface area contributed by atoms with Crippen LogP contribution in [-0.2, 0) is 14.3 Å². The maximum absolute atomic E-state index is 14.2. The summed E-state index contributed by atoms with van der Waals surface area (Å²) in [7, 11) is 0. The summed E-state index contributed by atoms with van der Waals surface area (Å²) in [4.78, 5) is 42.4. The SMILES string of the molecule is CC(C)CC(NC(=O)OC(C)(C)C)C(=O)N(C(C(=O)NC1CCCCC1)c1ccc(O)cc1)C(C)(C)C. The number of benzene rings is 1. The first kappa shape index (κ1) is 30.5. The van der Waals surface area contributed by atoms with Gasteiger partial charge in [0, 0.05) is 11.6 Å². The van der Waals surface area contributed by atoms with Crippen LogP contribution >= 0.6 is 0 Å². The Balaban J connectivity index is 2.49. The molecule has 0 spiro atoms. The standard InChI is InChI=1S/C29H47N3O5/c1-19(2)18-23(31-27(36)37-29(6,7)8)26(35)32(28(3,4)5)24(20-14-16-22(33)17-15-20)25(34)30-21-12-10-9-11-13-21/h14-17,19,21,23-24,33H,9-13,18H2,1-8H3,(H,30,34)(H,31,36). The summed E-state index contributed by atoms with van der Waals surface area (Å²) in [6, 6.07) is 4.62. The Morgan fingerprint density at radius 3 is 2.05 bits per heavy atom. The highest BCUT2D eigenvalue weighted by atomic mass is 16.6. The fourth-order valence-electron chi connectivity index (χ4n) is 4.76. The third-order valence-electron chi connectivity index (χ3n) is 6.32. The van der Waals surface area contributed by atoms with Crippen molar-refractivity contribution in [2.75, 3.05) is 0 Å². The Kier molecular flexibility index (Phi) is 10.4. The van der Waals surface area contributed by atoms with Crippen LogP contribution in [0.1, 0.15) is 106 Å². The highest BCUT2D eigenvalue weighted by molar-refractivity contribution is 5.92. The van der Waals surface area contributed by atoms with Gasteiger partial charge >= 0.3 is 6.09 Å². The molecule has 2 unspecified atom stereocenters. The molecule has 3 amide bonds. The number of carbonyl (C=O) groups excluding carboxylic acids is 3. The molecule has 37 heavy (non-hydrogen) atoms. The number of hydrogen-bond donors (Lipinski definition) is 3. The van der Waals surface area contributed by atoms with Crippen LogP contribution in [0.3, 0.4) is 0 Å². The summed E-state index contributed by atoms with van der Waals surface area (Å²) in [5, 5.41) is 15.8. The van der Waals surface area contributed by atoms with Gasteiger partial charge in [-0.2, -0.15) is 0 Å². The number of aromatic hydroxyl groups is 1. The quantitative estimate of drug-likeness (QED) is 0.425. The maximum Gasteiger partial charge on any atom is 0.408 e. The van der Waals surface area contributed by atoms with Crippen LogP contribution in [0.15, 0.2) is 24.3 Å². The van der Waals surface area contributed by atoms with Crippen molar-refractivity contribution in [1.82, 2.24) is 15.5 Å². The van der Waals surface area contributed by atoms with E-state index in [9.17, 15) is 19.5 Å².